The summed E-state index contributed by atoms with van der Waals surface area (Å²) in [6.45, 7) is 2.10. The van der Waals surface area contributed by atoms with E-state index in [9.17, 15) is 0 Å². The SMILES string of the molecule is Cc1cccnc1-c1cc(-c2nc(-c3ccccc3)nc(-c3ccccc3)n2)cc(-c2cc3ccccc3c3ccccc23)c1. The van der Waals surface area contributed by atoms with Crippen LogP contribution in [0.4, 0.5) is 0 Å². The molecule has 0 unspecified atom stereocenters. The molecule has 2 heterocycles. The minimum atomic E-state index is 0.615. The zero-order valence-corrected chi connectivity index (χ0v) is 24.7. The van der Waals surface area contributed by atoms with Crippen molar-refractivity contribution in [2.24, 2.45) is 0 Å². The van der Waals surface area contributed by atoms with Crippen LogP contribution in [0, 0.1) is 6.92 Å². The van der Waals surface area contributed by atoms with E-state index < -0.39 is 0 Å². The van der Waals surface area contributed by atoms with Gasteiger partial charge in [-0.2, -0.15) is 0 Å². The molecule has 0 spiro atoms. The number of nitrogens with zero attached hydrogens (tertiary/aromatic N) is 4. The molecule has 0 N–H and O–H groups in total. The van der Waals surface area contributed by atoms with Crippen LogP contribution < -0.4 is 0 Å². The molecule has 8 aromatic rings. The van der Waals surface area contributed by atoms with Crippen molar-refractivity contribution in [3.05, 3.63) is 157 Å². The summed E-state index contributed by atoms with van der Waals surface area (Å²) in [5.41, 5.74) is 8.08. The Kier molecular flexibility index (Phi) is 6.65. The molecule has 0 amide bonds. The molecule has 212 valence electrons. The lowest BCUT2D eigenvalue weighted by Crippen LogP contribution is -2.01. The van der Waals surface area contributed by atoms with Crippen LogP contribution in [0.3, 0.4) is 0 Å². The predicted molar refractivity (Wildman–Crippen MR) is 185 cm³/mol. The Hall–Kier alpha value is -6.00. The van der Waals surface area contributed by atoms with Crippen molar-refractivity contribution in [2.45, 2.75) is 6.92 Å². The third-order valence-electron chi connectivity index (χ3n) is 8.25. The first-order chi connectivity index (χ1) is 22.2. The molecule has 0 fully saturated rings. The van der Waals surface area contributed by atoms with Crippen LogP contribution in [0.5, 0.6) is 0 Å². The van der Waals surface area contributed by atoms with Crippen molar-refractivity contribution in [3.63, 3.8) is 0 Å². The van der Waals surface area contributed by atoms with Gasteiger partial charge in [-0.05, 0) is 75.5 Å². The second kappa shape index (κ2) is 11.3. The van der Waals surface area contributed by atoms with Gasteiger partial charge in [-0.25, -0.2) is 15.0 Å². The van der Waals surface area contributed by atoms with Gasteiger partial charge in [0.15, 0.2) is 17.5 Å². The summed E-state index contributed by atoms with van der Waals surface area (Å²) in [6.07, 6.45) is 1.85. The lowest BCUT2D eigenvalue weighted by Gasteiger charge is -2.15. The molecule has 8 rings (SSSR count). The van der Waals surface area contributed by atoms with E-state index in [4.69, 9.17) is 19.9 Å². The summed E-state index contributed by atoms with van der Waals surface area (Å²) in [4.78, 5) is 19.8. The number of aromatic nitrogens is 4. The molecule has 2 aromatic heterocycles. The molecule has 4 nitrogen and oxygen atoms in total. The second-order valence-corrected chi connectivity index (χ2v) is 11.2. The van der Waals surface area contributed by atoms with Crippen molar-refractivity contribution in [1.29, 1.82) is 0 Å². The molecule has 0 aliphatic heterocycles. The smallest absolute Gasteiger partial charge is 0.164 e. The van der Waals surface area contributed by atoms with Crippen LogP contribution in [0.25, 0.3) is 78.1 Å². The fourth-order valence-electron chi connectivity index (χ4n) is 6.07. The zero-order valence-electron chi connectivity index (χ0n) is 24.7. The van der Waals surface area contributed by atoms with Gasteiger partial charge in [0.25, 0.3) is 0 Å². The summed E-state index contributed by atoms with van der Waals surface area (Å²) < 4.78 is 0. The number of fused-ring (bicyclic) bond motifs is 3. The largest absolute Gasteiger partial charge is 0.256 e. The summed E-state index contributed by atoms with van der Waals surface area (Å²) in [5.74, 6) is 1.89. The number of hydrogen-bond donors (Lipinski definition) is 0. The maximum atomic E-state index is 5.06. The third-order valence-corrected chi connectivity index (χ3v) is 8.25. The van der Waals surface area contributed by atoms with Gasteiger partial charge in [0.05, 0.1) is 5.69 Å². The van der Waals surface area contributed by atoms with Crippen LogP contribution >= 0.6 is 0 Å². The fourth-order valence-corrected chi connectivity index (χ4v) is 6.07. The van der Waals surface area contributed by atoms with Gasteiger partial charge in [0.1, 0.15) is 0 Å². The Morgan fingerprint density at radius 2 is 0.933 bits per heavy atom. The Balaban J connectivity index is 1.42. The average Bonchev–Trinajstić information content (AvgIpc) is 3.12. The molecule has 0 atom stereocenters. The lowest BCUT2D eigenvalue weighted by molar-refractivity contribution is 1.07. The third kappa shape index (κ3) is 5.02. The summed E-state index contributed by atoms with van der Waals surface area (Å²) in [7, 11) is 0. The molecule has 0 radical (unpaired) electrons. The predicted octanol–water partition coefficient (Wildman–Crippen LogP) is 10.2. The van der Waals surface area contributed by atoms with Crippen molar-refractivity contribution < 1.29 is 0 Å². The number of aryl methyl sites for hydroxylation is 1. The van der Waals surface area contributed by atoms with Crippen molar-refractivity contribution in [2.75, 3.05) is 0 Å². The van der Waals surface area contributed by atoms with E-state index in [1.807, 2.05) is 72.9 Å². The second-order valence-electron chi connectivity index (χ2n) is 11.2. The highest BCUT2D eigenvalue weighted by Crippen LogP contribution is 2.39. The standard InChI is InChI=1S/C41H28N4/c1-27-13-12-22-42-38(27)32-23-31(37-26-30-18-8-9-19-34(30)35-20-10-11-21-36(35)37)24-33(25-32)41-44-39(28-14-4-2-5-15-28)43-40(45-41)29-16-6-3-7-17-29/h2-26H,1H3. The Morgan fingerprint density at radius 3 is 1.60 bits per heavy atom. The minimum absolute atomic E-state index is 0.615. The van der Waals surface area contributed by atoms with E-state index >= 15 is 0 Å². The molecule has 0 aliphatic carbocycles. The van der Waals surface area contributed by atoms with E-state index in [0.717, 1.165) is 44.6 Å². The first-order valence-electron chi connectivity index (χ1n) is 15.1. The number of benzene rings is 6. The van der Waals surface area contributed by atoms with Crippen LogP contribution in [0.15, 0.2) is 152 Å². The van der Waals surface area contributed by atoms with E-state index in [1.165, 1.54) is 21.5 Å². The van der Waals surface area contributed by atoms with E-state index in [-0.39, 0.29) is 0 Å². The lowest BCUT2D eigenvalue weighted by atomic mass is 9.90. The molecule has 0 saturated carbocycles. The Labute approximate surface area is 261 Å². The molecular formula is C41H28N4. The van der Waals surface area contributed by atoms with E-state index in [1.54, 1.807) is 0 Å². The highest BCUT2D eigenvalue weighted by atomic mass is 15.0. The monoisotopic (exact) mass is 576 g/mol. The van der Waals surface area contributed by atoms with Crippen LogP contribution in [-0.4, -0.2) is 19.9 Å². The highest BCUT2D eigenvalue weighted by molar-refractivity contribution is 6.14. The van der Waals surface area contributed by atoms with Crippen molar-refractivity contribution in [1.82, 2.24) is 19.9 Å². The molecular weight excluding hydrogens is 548 g/mol. The molecule has 0 aliphatic rings. The van der Waals surface area contributed by atoms with Gasteiger partial charge in [-0.15, -0.1) is 0 Å². The van der Waals surface area contributed by atoms with Gasteiger partial charge >= 0.3 is 0 Å². The molecule has 45 heavy (non-hydrogen) atoms. The normalized spacial score (nSPS) is 11.2. The topological polar surface area (TPSA) is 51.6 Å². The first-order valence-corrected chi connectivity index (χ1v) is 15.1. The number of rotatable bonds is 5. The number of hydrogen-bond acceptors (Lipinski definition) is 4. The van der Waals surface area contributed by atoms with E-state index in [2.05, 4.69) is 85.8 Å². The summed E-state index contributed by atoms with van der Waals surface area (Å²) in [5, 5.41) is 4.86. The Bertz CT molecular complexity index is 2270. The Morgan fingerprint density at radius 1 is 0.400 bits per heavy atom. The molecule has 4 heteroatoms. The van der Waals surface area contributed by atoms with Gasteiger partial charge in [-0.3, -0.25) is 4.98 Å². The van der Waals surface area contributed by atoms with Crippen LogP contribution in [0.2, 0.25) is 0 Å². The van der Waals surface area contributed by atoms with Gasteiger partial charge < -0.3 is 0 Å². The summed E-state index contributed by atoms with van der Waals surface area (Å²) in [6, 6.07) is 50.4. The minimum Gasteiger partial charge on any atom is -0.256 e. The fraction of sp³-hybridized carbons (Fsp3) is 0.0244. The van der Waals surface area contributed by atoms with Crippen molar-refractivity contribution >= 4 is 21.5 Å². The van der Waals surface area contributed by atoms with Gasteiger partial charge in [-0.1, -0.05) is 115 Å². The van der Waals surface area contributed by atoms with Gasteiger partial charge in [0, 0.05) is 28.5 Å². The first kappa shape index (κ1) is 26.6. The molecule has 0 bridgehead atoms. The average molecular weight is 577 g/mol. The van der Waals surface area contributed by atoms with Crippen molar-refractivity contribution in [3.8, 4) is 56.5 Å². The van der Waals surface area contributed by atoms with Gasteiger partial charge in [0.2, 0.25) is 0 Å². The van der Waals surface area contributed by atoms with Crippen LogP contribution in [0.1, 0.15) is 5.56 Å². The maximum absolute atomic E-state index is 5.06. The number of pyridine rings is 1. The van der Waals surface area contributed by atoms with Crippen LogP contribution in [-0.2, 0) is 0 Å². The zero-order chi connectivity index (χ0) is 30.2. The van der Waals surface area contributed by atoms with E-state index in [0.29, 0.717) is 17.5 Å². The molecule has 0 saturated heterocycles. The summed E-state index contributed by atoms with van der Waals surface area (Å²) >= 11 is 0. The quantitative estimate of drug-likeness (QED) is 0.191. The maximum Gasteiger partial charge on any atom is 0.164 e. The highest BCUT2D eigenvalue weighted by Gasteiger charge is 2.17. The molecule has 6 aromatic carbocycles.